The molecule has 0 aliphatic rings. The Bertz CT molecular complexity index is 996. The molecule has 0 fully saturated rings. The van der Waals surface area contributed by atoms with Crippen molar-refractivity contribution in [3.63, 3.8) is 0 Å². The van der Waals surface area contributed by atoms with Crippen LogP contribution in [0.5, 0.6) is 0 Å². The third-order valence-electron chi connectivity index (χ3n) is 3.69. The summed E-state index contributed by atoms with van der Waals surface area (Å²) in [5, 5.41) is 13.7. The Balaban J connectivity index is 1.70. The Morgan fingerprint density at radius 2 is 1.31 bits per heavy atom. The largest absolute Gasteiger partial charge is 0.331 e. The summed E-state index contributed by atoms with van der Waals surface area (Å²) in [4.78, 5) is 4.74. The molecule has 0 saturated carbocycles. The first-order valence-corrected chi connectivity index (χ1v) is 9.05. The van der Waals surface area contributed by atoms with Crippen LogP contribution in [0.4, 0.5) is 21.5 Å². The Morgan fingerprint density at radius 3 is 2.00 bits per heavy atom. The smallest absolute Gasteiger partial charge is 0.189 e. The number of nitrogens with one attached hydrogen (secondary N) is 1. The fraction of sp³-hybridized carbons (Fsp3) is 0. The van der Waals surface area contributed by atoms with E-state index in [2.05, 4.69) is 15.5 Å². The number of nitrogens with zero attached hydrogens (tertiary/aromatic N) is 3. The lowest BCUT2D eigenvalue weighted by Crippen LogP contribution is -1.88. The highest BCUT2D eigenvalue weighted by Gasteiger charge is 2.13. The third-order valence-corrected chi connectivity index (χ3v) is 4.55. The van der Waals surface area contributed by atoms with Gasteiger partial charge in [0.2, 0.25) is 0 Å². The fourth-order valence-electron chi connectivity index (χ4n) is 2.46. The molecule has 4 rings (SSSR count). The molecule has 0 aliphatic heterocycles. The van der Waals surface area contributed by atoms with Gasteiger partial charge >= 0.3 is 0 Å². The molecule has 4 nitrogen and oxygen atoms in total. The van der Waals surface area contributed by atoms with Crippen molar-refractivity contribution < 1.29 is 0 Å². The lowest BCUT2D eigenvalue weighted by Gasteiger charge is -2.00. The molecule has 0 spiro atoms. The van der Waals surface area contributed by atoms with Gasteiger partial charge in [-0.3, -0.25) is 0 Å². The van der Waals surface area contributed by atoms with Gasteiger partial charge in [0.05, 0.1) is 5.69 Å². The van der Waals surface area contributed by atoms with Crippen LogP contribution >= 0.6 is 11.3 Å². The molecule has 5 heteroatoms. The second-order valence-electron chi connectivity index (χ2n) is 5.57. The molecule has 3 aromatic carbocycles. The van der Waals surface area contributed by atoms with E-state index in [4.69, 9.17) is 4.98 Å². The average molecular weight is 356 g/mol. The predicted octanol–water partition coefficient (Wildman–Crippen LogP) is 6.97. The number of hydrogen-bond donors (Lipinski definition) is 1. The van der Waals surface area contributed by atoms with Gasteiger partial charge in [0, 0.05) is 11.3 Å². The van der Waals surface area contributed by atoms with Gasteiger partial charge < -0.3 is 5.32 Å². The van der Waals surface area contributed by atoms with Crippen LogP contribution in [0.15, 0.2) is 101 Å². The average Bonchev–Trinajstić information content (AvgIpc) is 3.11. The fourth-order valence-corrected chi connectivity index (χ4v) is 3.29. The van der Waals surface area contributed by atoms with Crippen LogP contribution in [0.3, 0.4) is 0 Å². The molecular weight excluding hydrogens is 340 g/mol. The number of hydrogen-bond acceptors (Lipinski definition) is 5. The zero-order valence-electron chi connectivity index (χ0n) is 13.9. The van der Waals surface area contributed by atoms with Gasteiger partial charge in [0.15, 0.2) is 10.1 Å². The van der Waals surface area contributed by atoms with Gasteiger partial charge in [0.25, 0.3) is 0 Å². The number of thiazole rings is 1. The molecule has 4 aromatic rings. The van der Waals surface area contributed by atoms with Gasteiger partial charge in [-0.25, -0.2) is 4.98 Å². The lowest BCUT2D eigenvalue weighted by molar-refractivity contribution is 1.24. The van der Waals surface area contributed by atoms with Crippen molar-refractivity contribution in [2.24, 2.45) is 10.2 Å². The lowest BCUT2D eigenvalue weighted by atomic mass is 10.2. The highest BCUT2D eigenvalue weighted by molar-refractivity contribution is 7.19. The van der Waals surface area contributed by atoms with Crippen molar-refractivity contribution in [1.29, 1.82) is 0 Å². The maximum atomic E-state index is 4.74. The van der Waals surface area contributed by atoms with Gasteiger partial charge in [-0.05, 0) is 24.3 Å². The predicted molar refractivity (Wildman–Crippen MR) is 108 cm³/mol. The van der Waals surface area contributed by atoms with Crippen LogP contribution in [0, 0.1) is 0 Å². The second-order valence-corrected chi connectivity index (χ2v) is 6.54. The van der Waals surface area contributed by atoms with E-state index < -0.39 is 0 Å². The molecule has 0 atom stereocenters. The number of aromatic nitrogens is 1. The normalized spacial score (nSPS) is 10.9. The standard InChI is InChI=1S/C21H16N4S/c1-4-10-16(11-5-1)19-20(25-24-18-14-8-3-9-15-18)26-21(23-19)22-17-12-6-2-7-13-17/h1-15H,(H,22,23). The van der Waals surface area contributed by atoms with Crippen LogP contribution in [0.25, 0.3) is 11.3 Å². The molecule has 1 heterocycles. The van der Waals surface area contributed by atoms with Crippen molar-refractivity contribution >= 4 is 32.8 Å². The van der Waals surface area contributed by atoms with Crippen molar-refractivity contribution in [2.45, 2.75) is 0 Å². The molecule has 26 heavy (non-hydrogen) atoms. The summed E-state index contributed by atoms with van der Waals surface area (Å²) >= 11 is 1.49. The van der Waals surface area contributed by atoms with E-state index >= 15 is 0 Å². The van der Waals surface area contributed by atoms with Gasteiger partial charge in [-0.15, -0.1) is 10.2 Å². The van der Waals surface area contributed by atoms with Crippen LogP contribution in [0.1, 0.15) is 0 Å². The summed E-state index contributed by atoms with van der Waals surface area (Å²) in [7, 11) is 0. The Hall–Kier alpha value is -3.31. The molecule has 0 saturated heterocycles. The number of benzene rings is 3. The molecule has 0 radical (unpaired) electrons. The summed E-state index contributed by atoms with van der Waals surface area (Å²) in [5.41, 5.74) is 3.66. The number of rotatable bonds is 5. The summed E-state index contributed by atoms with van der Waals surface area (Å²) in [5.74, 6) is 0. The van der Waals surface area contributed by atoms with E-state index in [0.717, 1.165) is 32.8 Å². The van der Waals surface area contributed by atoms with Crippen LogP contribution in [-0.4, -0.2) is 4.98 Å². The minimum absolute atomic E-state index is 0.776. The molecule has 0 unspecified atom stereocenters. The van der Waals surface area contributed by atoms with Crippen molar-refractivity contribution in [3.8, 4) is 11.3 Å². The van der Waals surface area contributed by atoms with E-state index in [0.29, 0.717) is 0 Å². The maximum absolute atomic E-state index is 4.74. The molecule has 1 N–H and O–H groups in total. The zero-order chi connectivity index (χ0) is 17.6. The highest BCUT2D eigenvalue weighted by Crippen LogP contribution is 2.39. The second kappa shape index (κ2) is 7.72. The molecular formula is C21H16N4S. The molecule has 0 aliphatic carbocycles. The van der Waals surface area contributed by atoms with E-state index in [1.165, 1.54) is 11.3 Å². The number of anilines is 2. The van der Waals surface area contributed by atoms with Gasteiger partial charge in [0.1, 0.15) is 5.69 Å². The zero-order valence-corrected chi connectivity index (χ0v) is 14.7. The Kier molecular flexibility index (Phi) is 4.80. The first-order valence-electron chi connectivity index (χ1n) is 8.23. The van der Waals surface area contributed by atoms with Gasteiger partial charge in [-0.1, -0.05) is 78.1 Å². The third kappa shape index (κ3) is 3.84. The topological polar surface area (TPSA) is 49.6 Å². The van der Waals surface area contributed by atoms with Crippen LogP contribution in [-0.2, 0) is 0 Å². The van der Waals surface area contributed by atoms with E-state index in [9.17, 15) is 0 Å². The number of azo groups is 1. The molecule has 0 bridgehead atoms. The SMILES string of the molecule is c1ccc(N=Nc2sc(Nc3ccccc3)nc2-c2ccccc2)cc1. The highest BCUT2D eigenvalue weighted by atomic mass is 32.1. The van der Waals surface area contributed by atoms with Crippen LogP contribution < -0.4 is 5.32 Å². The monoisotopic (exact) mass is 356 g/mol. The number of para-hydroxylation sites is 1. The first-order chi connectivity index (χ1) is 12.9. The summed E-state index contributed by atoms with van der Waals surface area (Å²) < 4.78 is 0. The first kappa shape index (κ1) is 16.2. The van der Waals surface area contributed by atoms with E-state index in [1.807, 2.05) is 91.0 Å². The minimum atomic E-state index is 0.776. The van der Waals surface area contributed by atoms with E-state index in [1.54, 1.807) is 0 Å². The van der Waals surface area contributed by atoms with Crippen LogP contribution in [0.2, 0.25) is 0 Å². The minimum Gasteiger partial charge on any atom is -0.331 e. The summed E-state index contributed by atoms with van der Waals surface area (Å²) in [6.07, 6.45) is 0. The summed E-state index contributed by atoms with van der Waals surface area (Å²) in [6, 6.07) is 29.7. The van der Waals surface area contributed by atoms with E-state index in [-0.39, 0.29) is 0 Å². The van der Waals surface area contributed by atoms with Crippen molar-refractivity contribution in [1.82, 2.24) is 4.98 Å². The molecule has 126 valence electrons. The van der Waals surface area contributed by atoms with Crippen molar-refractivity contribution in [2.75, 3.05) is 5.32 Å². The molecule has 1 aromatic heterocycles. The quantitative estimate of drug-likeness (QED) is 0.393. The maximum Gasteiger partial charge on any atom is 0.189 e. The summed E-state index contributed by atoms with van der Waals surface area (Å²) in [6.45, 7) is 0. The van der Waals surface area contributed by atoms with Crippen molar-refractivity contribution in [3.05, 3.63) is 91.0 Å². The Morgan fingerprint density at radius 1 is 0.692 bits per heavy atom. The molecule has 0 amide bonds. The van der Waals surface area contributed by atoms with Gasteiger partial charge in [-0.2, -0.15) is 0 Å². The Labute approximate surface area is 155 Å².